The van der Waals surface area contributed by atoms with Crippen molar-refractivity contribution in [3.05, 3.63) is 20.3 Å². The van der Waals surface area contributed by atoms with Gasteiger partial charge in [-0.25, -0.2) is 0 Å². The summed E-state index contributed by atoms with van der Waals surface area (Å²) in [6.07, 6.45) is 0. The highest BCUT2D eigenvalue weighted by atomic mass is 79.9. The first-order chi connectivity index (χ1) is 8.41. The standard InChI is InChI=1S/C12H14BrNO3S/c1-6-3-14(4-8(6)12(16)17)11(15)10-9(13)7(2)5-18-10/h5-6,8H,3-4H2,1-2H3,(H,16,17)/t6-,8-/m1/s1. The zero-order valence-electron chi connectivity index (χ0n) is 10.1. The van der Waals surface area contributed by atoms with Crippen LogP contribution in [0.5, 0.6) is 0 Å². The van der Waals surface area contributed by atoms with Crippen molar-refractivity contribution in [3.63, 3.8) is 0 Å². The predicted octanol–water partition coefficient (Wildman–Crippen LogP) is 2.61. The van der Waals surface area contributed by atoms with Gasteiger partial charge in [0.15, 0.2) is 0 Å². The van der Waals surface area contributed by atoms with Gasteiger partial charge in [0.05, 0.1) is 5.92 Å². The van der Waals surface area contributed by atoms with Crippen LogP contribution >= 0.6 is 27.3 Å². The summed E-state index contributed by atoms with van der Waals surface area (Å²) in [6, 6.07) is 0. The minimum absolute atomic E-state index is 0.00582. The fourth-order valence-electron chi connectivity index (χ4n) is 2.17. The summed E-state index contributed by atoms with van der Waals surface area (Å²) in [5.74, 6) is -1.34. The molecule has 18 heavy (non-hydrogen) atoms. The molecule has 0 spiro atoms. The van der Waals surface area contributed by atoms with Gasteiger partial charge >= 0.3 is 5.97 Å². The van der Waals surface area contributed by atoms with Gasteiger partial charge in [-0.2, -0.15) is 0 Å². The summed E-state index contributed by atoms with van der Waals surface area (Å²) in [5.41, 5.74) is 1.03. The number of likely N-dealkylation sites (tertiary alicyclic amines) is 1. The molecule has 2 heterocycles. The van der Waals surface area contributed by atoms with E-state index in [1.807, 2.05) is 19.2 Å². The van der Waals surface area contributed by atoms with E-state index in [2.05, 4.69) is 15.9 Å². The smallest absolute Gasteiger partial charge is 0.308 e. The van der Waals surface area contributed by atoms with Crippen molar-refractivity contribution in [1.29, 1.82) is 0 Å². The van der Waals surface area contributed by atoms with Gasteiger partial charge in [-0.05, 0) is 39.7 Å². The van der Waals surface area contributed by atoms with Gasteiger partial charge in [0.2, 0.25) is 0 Å². The first-order valence-electron chi connectivity index (χ1n) is 5.67. The maximum Gasteiger partial charge on any atom is 0.308 e. The molecule has 1 aliphatic rings. The molecule has 1 fully saturated rings. The van der Waals surface area contributed by atoms with Crippen molar-refractivity contribution in [2.75, 3.05) is 13.1 Å². The van der Waals surface area contributed by atoms with Crippen LogP contribution in [0.4, 0.5) is 0 Å². The average Bonchev–Trinajstić information content (AvgIpc) is 2.84. The van der Waals surface area contributed by atoms with Crippen molar-refractivity contribution in [3.8, 4) is 0 Å². The number of carboxylic acids is 1. The second-order valence-electron chi connectivity index (χ2n) is 4.69. The number of thiophene rings is 1. The molecule has 6 heteroatoms. The molecule has 0 radical (unpaired) electrons. The number of aryl methyl sites for hydroxylation is 1. The Labute approximate surface area is 118 Å². The third kappa shape index (κ3) is 2.31. The van der Waals surface area contributed by atoms with Gasteiger partial charge in [-0.1, -0.05) is 6.92 Å². The van der Waals surface area contributed by atoms with Gasteiger partial charge in [-0.3, -0.25) is 9.59 Å². The molecular formula is C12H14BrNO3S. The normalized spacial score (nSPS) is 23.4. The topological polar surface area (TPSA) is 57.6 Å². The van der Waals surface area contributed by atoms with Crippen molar-refractivity contribution in [1.82, 2.24) is 4.90 Å². The van der Waals surface area contributed by atoms with Crippen LogP contribution in [-0.2, 0) is 4.79 Å². The molecule has 0 aromatic carbocycles. The number of carboxylic acid groups (broad SMARTS) is 1. The minimum Gasteiger partial charge on any atom is -0.481 e. The lowest BCUT2D eigenvalue weighted by Gasteiger charge is -2.15. The van der Waals surface area contributed by atoms with Crippen LogP contribution in [-0.4, -0.2) is 35.0 Å². The highest BCUT2D eigenvalue weighted by Crippen LogP contribution is 2.31. The Morgan fingerprint density at radius 1 is 1.50 bits per heavy atom. The zero-order valence-corrected chi connectivity index (χ0v) is 12.5. The number of carbonyl (C=O) groups is 2. The predicted molar refractivity (Wildman–Crippen MR) is 72.9 cm³/mol. The van der Waals surface area contributed by atoms with E-state index in [0.717, 1.165) is 10.0 Å². The van der Waals surface area contributed by atoms with Crippen molar-refractivity contribution < 1.29 is 14.7 Å². The number of aliphatic carboxylic acids is 1. The quantitative estimate of drug-likeness (QED) is 0.906. The minimum atomic E-state index is -0.820. The largest absolute Gasteiger partial charge is 0.481 e. The first kappa shape index (κ1) is 13.5. The molecule has 0 saturated carbocycles. The SMILES string of the molecule is Cc1csc(C(=O)N2C[C@@H](C)[C@H](C(=O)O)C2)c1Br. The molecule has 0 unspecified atom stereocenters. The Bertz CT molecular complexity index is 500. The fourth-order valence-corrected chi connectivity index (χ4v) is 3.79. The molecule has 0 aliphatic carbocycles. The van der Waals surface area contributed by atoms with E-state index in [9.17, 15) is 9.59 Å². The monoisotopic (exact) mass is 331 g/mol. The summed E-state index contributed by atoms with van der Waals surface area (Å²) in [4.78, 5) is 25.6. The third-order valence-corrected chi connectivity index (χ3v) is 5.68. The second kappa shape index (κ2) is 5.01. The zero-order chi connectivity index (χ0) is 13.4. The number of nitrogens with zero attached hydrogens (tertiary/aromatic N) is 1. The maximum atomic E-state index is 12.3. The Balaban J connectivity index is 2.17. The van der Waals surface area contributed by atoms with Crippen molar-refractivity contribution in [2.45, 2.75) is 13.8 Å². The molecular weight excluding hydrogens is 318 g/mol. The molecule has 2 rings (SSSR count). The van der Waals surface area contributed by atoms with Gasteiger partial charge in [-0.15, -0.1) is 11.3 Å². The van der Waals surface area contributed by atoms with Crippen molar-refractivity contribution in [2.24, 2.45) is 11.8 Å². The Morgan fingerprint density at radius 3 is 2.61 bits per heavy atom. The molecule has 0 bridgehead atoms. The van der Waals surface area contributed by atoms with Crippen LogP contribution in [0.15, 0.2) is 9.85 Å². The third-order valence-electron chi connectivity index (χ3n) is 3.31. The van der Waals surface area contributed by atoms with E-state index in [0.29, 0.717) is 18.0 Å². The lowest BCUT2D eigenvalue weighted by Crippen LogP contribution is -2.29. The van der Waals surface area contributed by atoms with Gasteiger partial charge in [0.1, 0.15) is 4.88 Å². The van der Waals surface area contributed by atoms with Crippen molar-refractivity contribution >= 4 is 39.1 Å². The average molecular weight is 332 g/mol. The molecule has 2 atom stereocenters. The lowest BCUT2D eigenvalue weighted by molar-refractivity contribution is -0.142. The number of rotatable bonds is 2. The van der Waals surface area contributed by atoms with Gasteiger partial charge in [0.25, 0.3) is 5.91 Å². The van der Waals surface area contributed by atoms with Gasteiger partial charge in [0, 0.05) is 17.6 Å². The number of halogens is 1. The van der Waals surface area contributed by atoms with E-state index in [1.165, 1.54) is 11.3 Å². The summed E-state index contributed by atoms with van der Waals surface area (Å²) in [6.45, 7) is 4.63. The Morgan fingerprint density at radius 2 is 2.17 bits per heavy atom. The molecule has 98 valence electrons. The number of hydrogen-bond donors (Lipinski definition) is 1. The molecule has 1 aliphatic heterocycles. The second-order valence-corrected chi connectivity index (χ2v) is 6.37. The van der Waals surface area contributed by atoms with E-state index in [-0.39, 0.29) is 11.8 Å². The van der Waals surface area contributed by atoms with Crippen LogP contribution in [0.3, 0.4) is 0 Å². The van der Waals surface area contributed by atoms with E-state index in [1.54, 1.807) is 4.90 Å². The van der Waals surface area contributed by atoms with E-state index in [4.69, 9.17) is 5.11 Å². The molecule has 1 saturated heterocycles. The summed E-state index contributed by atoms with van der Waals surface area (Å²) < 4.78 is 0.823. The lowest BCUT2D eigenvalue weighted by atomic mass is 9.99. The molecule has 1 N–H and O–H groups in total. The fraction of sp³-hybridized carbons (Fsp3) is 0.500. The summed E-state index contributed by atoms with van der Waals surface area (Å²) >= 11 is 4.80. The summed E-state index contributed by atoms with van der Waals surface area (Å²) in [5, 5.41) is 11.0. The Kier molecular flexibility index (Phi) is 3.77. The number of carbonyl (C=O) groups excluding carboxylic acids is 1. The van der Waals surface area contributed by atoms with Crippen LogP contribution in [0.2, 0.25) is 0 Å². The molecule has 1 aromatic rings. The maximum absolute atomic E-state index is 12.3. The number of amides is 1. The highest BCUT2D eigenvalue weighted by Gasteiger charge is 2.37. The number of hydrogen-bond acceptors (Lipinski definition) is 3. The molecule has 1 aromatic heterocycles. The van der Waals surface area contributed by atoms with Crippen LogP contribution in [0, 0.1) is 18.8 Å². The van der Waals surface area contributed by atoms with Crippen LogP contribution in [0.25, 0.3) is 0 Å². The van der Waals surface area contributed by atoms with E-state index >= 15 is 0 Å². The molecule has 1 amide bonds. The van der Waals surface area contributed by atoms with Crippen LogP contribution in [0.1, 0.15) is 22.2 Å². The van der Waals surface area contributed by atoms with E-state index < -0.39 is 11.9 Å². The molecule has 4 nitrogen and oxygen atoms in total. The Hall–Kier alpha value is -0.880. The summed E-state index contributed by atoms with van der Waals surface area (Å²) in [7, 11) is 0. The van der Waals surface area contributed by atoms with Crippen LogP contribution < -0.4 is 0 Å². The highest BCUT2D eigenvalue weighted by molar-refractivity contribution is 9.10. The van der Waals surface area contributed by atoms with Gasteiger partial charge < -0.3 is 10.0 Å². The first-order valence-corrected chi connectivity index (χ1v) is 7.34.